The number of hydrogen-bond donors (Lipinski definition) is 2. The molecule has 1 amide bonds. The molecule has 0 saturated carbocycles. The molecule has 0 aliphatic heterocycles. The van der Waals surface area contributed by atoms with Crippen LogP contribution in [0.1, 0.15) is 20.3 Å². The van der Waals surface area contributed by atoms with Crippen LogP contribution in [0.3, 0.4) is 0 Å². The summed E-state index contributed by atoms with van der Waals surface area (Å²) < 4.78 is 5.18. The highest BCUT2D eigenvalue weighted by Gasteiger charge is 2.20. The smallest absolute Gasteiger partial charge is 0.315 e. The number of nitrogens with one attached hydrogen (secondary N) is 1. The van der Waals surface area contributed by atoms with Crippen LogP contribution in [-0.4, -0.2) is 23.4 Å². The van der Waals surface area contributed by atoms with Gasteiger partial charge in [-0.3, -0.25) is 9.59 Å². The van der Waals surface area contributed by atoms with Crippen molar-refractivity contribution in [2.75, 3.05) is 11.1 Å². The second-order valence-electron chi connectivity index (χ2n) is 4.41. The van der Waals surface area contributed by atoms with Crippen LogP contribution in [0.25, 0.3) is 0 Å². The zero-order valence-corrected chi connectivity index (χ0v) is 12.3. The molecular formula is C14H17NO4S. The number of hydrogen-bond acceptors (Lipinski definition) is 5. The topological polar surface area (TPSA) is 72.5 Å². The van der Waals surface area contributed by atoms with Gasteiger partial charge in [-0.15, -0.1) is 0 Å². The van der Waals surface area contributed by atoms with E-state index in [0.29, 0.717) is 11.4 Å². The van der Waals surface area contributed by atoms with Gasteiger partial charge in [-0.25, -0.2) is 0 Å². The van der Waals surface area contributed by atoms with Crippen LogP contribution in [0.4, 0.5) is 5.69 Å². The number of carbonyl (C=O) groups excluding carboxylic acids is 3. The summed E-state index contributed by atoms with van der Waals surface area (Å²) in [7, 11) is 0. The van der Waals surface area contributed by atoms with Crippen molar-refractivity contribution in [1.29, 1.82) is 0 Å². The molecule has 0 aliphatic rings. The van der Waals surface area contributed by atoms with Crippen LogP contribution in [-0.2, 0) is 14.4 Å². The summed E-state index contributed by atoms with van der Waals surface area (Å²) in [4.78, 5) is 33.8. The zero-order valence-electron chi connectivity index (χ0n) is 11.4. The molecule has 1 N–H and O–H groups in total. The van der Waals surface area contributed by atoms with Gasteiger partial charge in [-0.1, -0.05) is 0 Å². The van der Waals surface area contributed by atoms with Gasteiger partial charge in [0.05, 0.1) is 5.92 Å². The number of carbonyl (C=O) groups is 3. The highest BCUT2D eigenvalue weighted by atomic mass is 32.1. The Labute approximate surface area is 123 Å². The summed E-state index contributed by atoms with van der Waals surface area (Å²) in [6, 6.07) is 6.41. The van der Waals surface area contributed by atoms with E-state index >= 15 is 0 Å². The van der Waals surface area contributed by atoms with Gasteiger partial charge in [0.1, 0.15) is 11.5 Å². The number of ether oxygens (including phenoxy) is 1. The molecule has 0 saturated heterocycles. The number of Topliss-reactive ketones (excluding diaryl/α,β-unsaturated/α-hetero) is 1. The average molecular weight is 295 g/mol. The van der Waals surface area contributed by atoms with E-state index in [0.717, 1.165) is 0 Å². The number of amides is 1. The maximum atomic E-state index is 11.8. The van der Waals surface area contributed by atoms with Crippen molar-refractivity contribution in [3.63, 3.8) is 0 Å². The van der Waals surface area contributed by atoms with Crippen LogP contribution < -0.4 is 10.1 Å². The predicted molar refractivity (Wildman–Crippen MR) is 79.0 cm³/mol. The standard InChI is InChI=1S/C14H17NO4S/c1-9(16)7-11(8-20)14(18)19-13-5-3-12(4-6-13)15-10(2)17/h3-6,11,20H,7-8H2,1-2H3,(H,15,17)/t11-/m1/s1. The first-order chi connectivity index (χ1) is 9.42. The minimum absolute atomic E-state index is 0.0815. The number of benzene rings is 1. The van der Waals surface area contributed by atoms with Gasteiger partial charge in [0, 0.05) is 24.8 Å². The van der Waals surface area contributed by atoms with Crippen molar-refractivity contribution >= 4 is 36.0 Å². The number of anilines is 1. The summed E-state index contributed by atoms with van der Waals surface area (Å²) in [6.07, 6.45) is 0.117. The number of esters is 1. The number of thiol groups is 1. The molecule has 0 bridgehead atoms. The maximum Gasteiger partial charge on any atom is 0.315 e. The Balaban J connectivity index is 2.65. The van der Waals surface area contributed by atoms with E-state index in [1.807, 2.05) is 0 Å². The minimum Gasteiger partial charge on any atom is -0.426 e. The van der Waals surface area contributed by atoms with Crippen molar-refractivity contribution < 1.29 is 19.1 Å². The fourth-order valence-electron chi connectivity index (χ4n) is 1.58. The fourth-order valence-corrected chi connectivity index (χ4v) is 1.86. The van der Waals surface area contributed by atoms with Gasteiger partial charge in [-0.05, 0) is 31.2 Å². The molecule has 1 aromatic carbocycles. The Morgan fingerprint density at radius 3 is 2.25 bits per heavy atom. The zero-order chi connectivity index (χ0) is 15.1. The molecule has 0 radical (unpaired) electrons. The molecule has 5 nitrogen and oxygen atoms in total. The van der Waals surface area contributed by atoms with Crippen LogP contribution in [0.5, 0.6) is 5.75 Å². The van der Waals surface area contributed by atoms with Crippen molar-refractivity contribution in [1.82, 2.24) is 0 Å². The third kappa shape index (κ3) is 5.44. The summed E-state index contributed by atoms with van der Waals surface area (Å²) in [5.74, 6) is -0.677. The van der Waals surface area contributed by atoms with Gasteiger partial charge in [0.2, 0.25) is 5.91 Å². The fraction of sp³-hybridized carbons (Fsp3) is 0.357. The maximum absolute atomic E-state index is 11.8. The monoisotopic (exact) mass is 295 g/mol. The lowest BCUT2D eigenvalue weighted by molar-refractivity contribution is -0.140. The molecule has 20 heavy (non-hydrogen) atoms. The summed E-state index contributed by atoms with van der Waals surface area (Å²) in [5.41, 5.74) is 0.617. The summed E-state index contributed by atoms with van der Waals surface area (Å²) in [5, 5.41) is 2.61. The first-order valence-corrected chi connectivity index (χ1v) is 6.75. The second-order valence-corrected chi connectivity index (χ2v) is 4.78. The molecule has 0 spiro atoms. The van der Waals surface area contributed by atoms with Gasteiger partial charge in [-0.2, -0.15) is 12.6 Å². The molecule has 1 atom stereocenters. The van der Waals surface area contributed by atoms with E-state index in [2.05, 4.69) is 17.9 Å². The van der Waals surface area contributed by atoms with Crippen molar-refractivity contribution in [2.24, 2.45) is 5.92 Å². The minimum atomic E-state index is -0.550. The third-order valence-corrected chi connectivity index (χ3v) is 2.92. The largest absolute Gasteiger partial charge is 0.426 e. The van der Waals surface area contributed by atoms with Gasteiger partial charge < -0.3 is 14.8 Å². The van der Waals surface area contributed by atoms with Crippen molar-refractivity contribution in [2.45, 2.75) is 20.3 Å². The van der Waals surface area contributed by atoms with E-state index in [9.17, 15) is 14.4 Å². The molecule has 1 rings (SSSR count). The van der Waals surface area contributed by atoms with Crippen LogP contribution in [0.2, 0.25) is 0 Å². The molecule has 0 aliphatic carbocycles. The SMILES string of the molecule is CC(=O)C[C@H](CS)C(=O)Oc1ccc(NC(C)=O)cc1. The molecule has 0 unspecified atom stereocenters. The molecule has 0 fully saturated rings. The number of rotatable bonds is 6. The normalized spacial score (nSPS) is 11.6. The predicted octanol–water partition coefficient (Wildman–Crippen LogP) is 2.08. The van der Waals surface area contributed by atoms with Crippen molar-refractivity contribution in [3.8, 4) is 5.75 Å². The molecule has 0 aromatic heterocycles. The van der Waals surface area contributed by atoms with Crippen LogP contribution >= 0.6 is 12.6 Å². The van der Waals surface area contributed by atoms with Crippen molar-refractivity contribution in [3.05, 3.63) is 24.3 Å². The highest BCUT2D eigenvalue weighted by Crippen LogP contribution is 2.18. The van der Waals surface area contributed by atoms with Gasteiger partial charge in [0.15, 0.2) is 0 Å². The third-order valence-electron chi connectivity index (χ3n) is 2.48. The lowest BCUT2D eigenvalue weighted by Gasteiger charge is -2.12. The quantitative estimate of drug-likeness (QED) is 0.479. The van der Waals surface area contributed by atoms with Crippen LogP contribution in [0, 0.1) is 5.92 Å². The Morgan fingerprint density at radius 1 is 1.20 bits per heavy atom. The second kappa shape index (κ2) is 7.69. The first-order valence-electron chi connectivity index (χ1n) is 6.12. The first kappa shape index (κ1) is 16.2. The lowest BCUT2D eigenvalue weighted by Crippen LogP contribution is -2.24. The van der Waals surface area contributed by atoms with E-state index in [1.165, 1.54) is 13.8 Å². The van der Waals surface area contributed by atoms with E-state index < -0.39 is 11.9 Å². The van der Waals surface area contributed by atoms with Gasteiger partial charge in [0.25, 0.3) is 0 Å². The average Bonchev–Trinajstić information content (AvgIpc) is 2.37. The Kier molecular flexibility index (Phi) is 6.24. The Morgan fingerprint density at radius 2 is 1.80 bits per heavy atom. The molecule has 6 heteroatoms. The Bertz CT molecular complexity index is 498. The molecule has 1 aromatic rings. The summed E-state index contributed by atoms with van der Waals surface area (Å²) >= 11 is 4.05. The summed E-state index contributed by atoms with van der Waals surface area (Å²) in [6.45, 7) is 2.83. The lowest BCUT2D eigenvalue weighted by atomic mass is 10.1. The Hall–Kier alpha value is -1.82. The van der Waals surface area contributed by atoms with Gasteiger partial charge >= 0.3 is 5.97 Å². The number of ketones is 1. The van der Waals surface area contributed by atoms with E-state index in [-0.39, 0.29) is 23.9 Å². The highest BCUT2D eigenvalue weighted by molar-refractivity contribution is 7.80. The van der Waals surface area contributed by atoms with E-state index in [4.69, 9.17) is 4.74 Å². The molecule has 0 heterocycles. The molecular weight excluding hydrogens is 278 g/mol. The molecule has 108 valence electrons. The van der Waals surface area contributed by atoms with Crippen LogP contribution in [0.15, 0.2) is 24.3 Å². The van der Waals surface area contributed by atoms with E-state index in [1.54, 1.807) is 24.3 Å².